The molecule has 0 aliphatic carbocycles. The van der Waals surface area contributed by atoms with Crippen LogP contribution in [-0.2, 0) is 4.74 Å². The van der Waals surface area contributed by atoms with Crippen LogP contribution in [0.15, 0.2) is 18.2 Å². The Hall–Kier alpha value is -2.04. The summed E-state index contributed by atoms with van der Waals surface area (Å²) in [6, 6.07) is 5.92. The van der Waals surface area contributed by atoms with Crippen LogP contribution in [0.2, 0.25) is 0 Å². The zero-order valence-corrected chi connectivity index (χ0v) is 14.9. The third-order valence-corrected chi connectivity index (χ3v) is 4.59. The minimum atomic E-state index is -0.345. The van der Waals surface area contributed by atoms with E-state index >= 15 is 0 Å². The van der Waals surface area contributed by atoms with Crippen molar-refractivity contribution in [3.05, 3.63) is 34.9 Å². The van der Waals surface area contributed by atoms with Crippen LogP contribution in [0.4, 0.5) is 4.79 Å². The molecule has 24 heavy (non-hydrogen) atoms. The number of hydrogen-bond acceptors (Lipinski definition) is 3. The third-order valence-electron chi connectivity index (χ3n) is 4.59. The van der Waals surface area contributed by atoms with Crippen LogP contribution in [-0.4, -0.2) is 42.6 Å². The SMILES string of the molecule is CCCCOC(=O)NC1CCN(C(=O)c2ccc(C)c(C)c2)CC1. The number of rotatable bonds is 5. The summed E-state index contributed by atoms with van der Waals surface area (Å²) in [5, 5.41) is 2.89. The van der Waals surface area contributed by atoms with Gasteiger partial charge >= 0.3 is 6.09 Å². The van der Waals surface area contributed by atoms with E-state index in [0.29, 0.717) is 19.7 Å². The van der Waals surface area contributed by atoms with Crippen molar-refractivity contribution < 1.29 is 14.3 Å². The van der Waals surface area contributed by atoms with Gasteiger partial charge < -0.3 is 15.0 Å². The van der Waals surface area contributed by atoms with E-state index in [4.69, 9.17) is 4.74 Å². The molecular weight excluding hydrogens is 304 g/mol. The van der Waals surface area contributed by atoms with Crippen molar-refractivity contribution in [2.45, 2.75) is 52.5 Å². The molecule has 0 aromatic heterocycles. The van der Waals surface area contributed by atoms with Crippen LogP contribution >= 0.6 is 0 Å². The van der Waals surface area contributed by atoms with Crippen molar-refractivity contribution in [3.8, 4) is 0 Å². The first-order chi connectivity index (χ1) is 11.5. The number of hydrogen-bond donors (Lipinski definition) is 1. The van der Waals surface area contributed by atoms with Crippen molar-refractivity contribution in [2.24, 2.45) is 0 Å². The summed E-state index contributed by atoms with van der Waals surface area (Å²) in [5.74, 6) is 0.0714. The highest BCUT2D eigenvalue weighted by Gasteiger charge is 2.25. The molecule has 5 nitrogen and oxygen atoms in total. The molecule has 1 saturated heterocycles. The molecule has 0 atom stereocenters. The number of nitrogens with one attached hydrogen (secondary N) is 1. The second-order valence-electron chi connectivity index (χ2n) is 6.50. The van der Waals surface area contributed by atoms with Gasteiger partial charge in [0.2, 0.25) is 0 Å². The van der Waals surface area contributed by atoms with E-state index in [1.165, 1.54) is 5.56 Å². The smallest absolute Gasteiger partial charge is 0.407 e. The third kappa shape index (κ3) is 4.98. The molecule has 2 amide bonds. The number of carbonyl (C=O) groups excluding carboxylic acids is 2. The Morgan fingerprint density at radius 1 is 1.21 bits per heavy atom. The van der Waals surface area contributed by atoms with E-state index in [0.717, 1.165) is 36.8 Å². The molecule has 1 aromatic carbocycles. The zero-order valence-electron chi connectivity index (χ0n) is 14.9. The van der Waals surface area contributed by atoms with Gasteiger partial charge in [-0.25, -0.2) is 4.79 Å². The molecule has 1 N–H and O–H groups in total. The summed E-state index contributed by atoms with van der Waals surface area (Å²) in [7, 11) is 0. The van der Waals surface area contributed by atoms with Crippen LogP contribution in [0.3, 0.4) is 0 Å². The highest BCUT2D eigenvalue weighted by molar-refractivity contribution is 5.94. The van der Waals surface area contributed by atoms with Gasteiger partial charge in [0, 0.05) is 24.7 Å². The lowest BCUT2D eigenvalue weighted by Gasteiger charge is -2.32. The van der Waals surface area contributed by atoms with Crippen molar-refractivity contribution >= 4 is 12.0 Å². The lowest BCUT2D eigenvalue weighted by Crippen LogP contribution is -2.46. The van der Waals surface area contributed by atoms with Gasteiger partial charge in [0.15, 0.2) is 0 Å². The molecule has 2 rings (SSSR count). The first-order valence-corrected chi connectivity index (χ1v) is 8.81. The molecule has 1 aliphatic rings. The Kier molecular flexibility index (Phi) is 6.64. The number of nitrogens with zero attached hydrogens (tertiary/aromatic N) is 1. The molecule has 0 unspecified atom stereocenters. The van der Waals surface area contributed by atoms with Crippen molar-refractivity contribution in [3.63, 3.8) is 0 Å². The van der Waals surface area contributed by atoms with Crippen molar-refractivity contribution in [2.75, 3.05) is 19.7 Å². The second-order valence-corrected chi connectivity index (χ2v) is 6.50. The fourth-order valence-electron chi connectivity index (χ4n) is 2.80. The van der Waals surface area contributed by atoms with Gasteiger partial charge in [0.1, 0.15) is 0 Å². The predicted octanol–water partition coefficient (Wildman–Crippen LogP) is 3.43. The lowest BCUT2D eigenvalue weighted by molar-refractivity contribution is 0.0701. The Balaban J connectivity index is 1.80. The summed E-state index contributed by atoms with van der Waals surface area (Å²) in [4.78, 5) is 26.1. The monoisotopic (exact) mass is 332 g/mol. The molecule has 0 spiro atoms. The number of unbranched alkanes of at least 4 members (excludes halogenated alkanes) is 1. The van der Waals surface area contributed by atoms with Crippen LogP contribution in [0.1, 0.15) is 54.1 Å². The molecule has 0 saturated carbocycles. The maximum absolute atomic E-state index is 12.6. The molecule has 1 aliphatic heterocycles. The molecule has 1 heterocycles. The predicted molar refractivity (Wildman–Crippen MR) is 94.2 cm³/mol. The Morgan fingerprint density at radius 3 is 2.54 bits per heavy atom. The van der Waals surface area contributed by atoms with Gasteiger partial charge in [-0.3, -0.25) is 4.79 Å². The van der Waals surface area contributed by atoms with Crippen LogP contribution in [0.25, 0.3) is 0 Å². The summed E-state index contributed by atoms with van der Waals surface area (Å²) >= 11 is 0. The second kappa shape index (κ2) is 8.71. The molecule has 1 aromatic rings. The number of likely N-dealkylation sites (tertiary alicyclic amines) is 1. The minimum Gasteiger partial charge on any atom is -0.450 e. The quantitative estimate of drug-likeness (QED) is 0.840. The molecule has 0 radical (unpaired) electrons. The van der Waals surface area contributed by atoms with Gasteiger partial charge in [0.05, 0.1) is 6.61 Å². The standard InChI is InChI=1S/C19H28N2O3/c1-4-5-12-24-19(23)20-17-8-10-21(11-9-17)18(22)16-7-6-14(2)15(3)13-16/h6-7,13,17H,4-5,8-12H2,1-3H3,(H,20,23). The molecule has 1 fully saturated rings. The van der Waals surface area contributed by atoms with Crippen molar-refractivity contribution in [1.82, 2.24) is 10.2 Å². The number of benzene rings is 1. The Labute approximate surface area is 144 Å². The van der Waals surface area contributed by atoms with E-state index in [1.54, 1.807) is 0 Å². The summed E-state index contributed by atoms with van der Waals surface area (Å²) < 4.78 is 5.12. The van der Waals surface area contributed by atoms with Gasteiger partial charge in [-0.15, -0.1) is 0 Å². The highest BCUT2D eigenvalue weighted by atomic mass is 16.5. The first-order valence-electron chi connectivity index (χ1n) is 8.81. The summed E-state index contributed by atoms with van der Waals surface area (Å²) in [5.41, 5.74) is 3.06. The van der Waals surface area contributed by atoms with E-state index in [-0.39, 0.29) is 18.0 Å². The maximum atomic E-state index is 12.6. The number of ether oxygens (including phenoxy) is 1. The van der Waals surface area contributed by atoms with Crippen LogP contribution in [0, 0.1) is 13.8 Å². The molecule has 0 bridgehead atoms. The van der Waals surface area contributed by atoms with E-state index < -0.39 is 0 Å². The number of amides is 2. The number of carbonyl (C=O) groups is 2. The van der Waals surface area contributed by atoms with Crippen molar-refractivity contribution in [1.29, 1.82) is 0 Å². The Morgan fingerprint density at radius 2 is 1.92 bits per heavy atom. The first kappa shape index (κ1) is 18.3. The molecule has 5 heteroatoms. The van der Waals surface area contributed by atoms with Crippen LogP contribution in [0.5, 0.6) is 0 Å². The molecule has 132 valence electrons. The van der Waals surface area contributed by atoms with Gasteiger partial charge in [-0.1, -0.05) is 19.4 Å². The summed E-state index contributed by atoms with van der Waals surface area (Å²) in [6.07, 6.45) is 3.07. The fraction of sp³-hybridized carbons (Fsp3) is 0.579. The Bertz CT molecular complexity index is 578. The topological polar surface area (TPSA) is 58.6 Å². The average Bonchev–Trinajstić information content (AvgIpc) is 2.57. The highest BCUT2D eigenvalue weighted by Crippen LogP contribution is 2.16. The average molecular weight is 332 g/mol. The zero-order chi connectivity index (χ0) is 17.5. The largest absolute Gasteiger partial charge is 0.450 e. The lowest BCUT2D eigenvalue weighted by atomic mass is 10.0. The number of alkyl carbamates (subject to hydrolysis) is 1. The normalized spacial score (nSPS) is 15.2. The van der Waals surface area contributed by atoms with Gasteiger partial charge in [-0.05, 0) is 56.4 Å². The van der Waals surface area contributed by atoms with Crippen LogP contribution < -0.4 is 5.32 Å². The number of piperidine rings is 1. The maximum Gasteiger partial charge on any atom is 0.407 e. The number of aryl methyl sites for hydroxylation is 2. The van der Waals surface area contributed by atoms with E-state index in [2.05, 4.69) is 12.2 Å². The molecular formula is C19H28N2O3. The van der Waals surface area contributed by atoms with Gasteiger partial charge in [-0.2, -0.15) is 0 Å². The van der Waals surface area contributed by atoms with E-state index in [9.17, 15) is 9.59 Å². The summed E-state index contributed by atoms with van der Waals surface area (Å²) in [6.45, 7) is 7.90. The van der Waals surface area contributed by atoms with Gasteiger partial charge in [0.25, 0.3) is 5.91 Å². The minimum absolute atomic E-state index is 0.0714. The van der Waals surface area contributed by atoms with E-state index in [1.807, 2.05) is 36.9 Å². The fourth-order valence-corrected chi connectivity index (χ4v) is 2.80.